The summed E-state index contributed by atoms with van der Waals surface area (Å²) in [6, 6.07) is 10.2. The summed E-state index contributed by atoms with van der Waals surface area (Å²) >= 11 is 0. The van der Waals surface area contributed by atoms with Crippen LogP contribution in [0.3, 0.4) is 0 Å². The molecular weight excluding hydrogens is 314 g/mol. The SMILES string of the molecule is CC(=O)Nc1cccc(CNc2ccc([N+](=O)[O-])c3nonc23)c1. The van der Waals surface area contributed by atoms with Crippen molar-refractivity contribution >= 4 is 34.0 Å². The highest BCUT2D eigenvalue weighted by molar-refractivity contribution is 5.93. The van der Waals surface area contributed by atoms with Gasteiger partial charge in [0, 0.05) is 25.2 Å². The lowest BCUT2D eigenvalue weighted by Gasteiger charge is -2.08. The van der Waals surface area contributed by atoms with Gasteiger partial charge < -0.3 is 10.6 Å². The second-order valence-corrected chi connectivity index (χ2v) is 5.09. The highest BCUT2D eigenvalue weighted by Crippen LogP contribution is 2.29. The molecule has 0 saturated carbocycles. The first kappa shape index (κ1) is 15.4. The van der Waals surface area contributed by atoms with Crippen LogP contribution in [0.15, 0.2) is 41.0 Å². The van der Waals surface area contributed by atoms with Crippen LogP contribution in [0.2, 0.25) is 0 Å². The number of aromatic nitrogens is 2. The monoisotopic (exact) mass is 327 g/mol. The topological polar surface area (TPSA) is 123 Å². The van der Waals surface area contributed by atoms with Crippen LogP contribution in [0.25, 0.3) is 11.0 Å². The van der Waals surface area contributed by atoms with Gasteiger partial charge in [-0.05, 0) is 34.1 Å². The summed E-state index contributed by atoms with van der Waals surface area (Å²) < 4.78 is 4.62. The molecule has 0 aliphatic rings. The predicted octanol–water partition coefficient (Wildman–Crippen LogP) is 2.70. The molecule has 1 heterocycles. The summed E-state index contributed by atoms with van der Waals surface area (Å²) in [5, 5.41) is 24.1. The lowest BCUT2D eigenvalue weighted by molar-refractivity contribution is -0.383. The number of carbonyl (C=O) groups excluding carboxylic acids is 1. The lowest BCUT2D eigenvalue weighted by Crippen LogP contribution is -2.06. The number of anilines is 2. The first-order valence-corrected chi connectivity index (χ1v) is 7.04. The fourth-order valence-electron chi connectivity index (χ4n) is 2.30. The van der Waals surface area contributed by atoms with E-state index < -0.39 is 4.92 Å². The van der Waals surface area contributed by atoms with Gasteiger partial charge in [-0.15, -0.1) is 0 Å². The van der Waals surface area contributed by atoms with E-state index in [1.165, 1.54) is 13.0 Å². The fourth-order valence-corrected chi connectivity index (χ4v) is 2.30. The van der Waals surface area contributed by atoms with Crippen LogP contribution in [0, 0.1) is 10.1 Å². The summed E-state index contributed by atoms with van der Waals surface area (Å²) in [7, 11) is 0. The normalized spacial score (nSPS) is 10.5. The molecule has 0 unspecified atom stereocenters. The van der Waals surface area contributed by atoms with Gasteiger partial charge in [0.05, 0.1) is 10.6 Å². The second-order valence-electron chi connectivity index (χ2n) is 5.09. The van der Waals surface area contributed by atoms with E-state index in [9.17, 15) is 14.9 Å². The summed E-state index contributed by atoms with van der Waals surface area (Å²) in [5.74, 6) is -0.147. The van der Waals surface area contributed by atoms with Crippen molar-refractivity contribution in [2.45, 2.75) is 13.5 Å². The Morgan fingerprint density at radius 2 is 2.04 bits per heavy atom. The van der Waals surface area contributed by atoms with Crippen LogP contribution in [-0.4, -0.2) is 21.1 Å². The Hall–Kier alpha value is -3.49. The van der Waals surface area contributed by atoms with Crippen molar-refractivity contribution < 1.29 is 14.3 Å². The van der Waals surface area contributed by atoms with Crippen LogP contribution in [-0.2, 0) is 11.3 Å². The third kappa shape index (κ3) is 3.14. The van der Waals surface area contributed by atoms with Gasteiger partial charge in [0.15, 0.2) is 5.52 Å². The van der Waals surface area contributed by atoms with Crippen molar-refractivity contribution in [3.05, 3.63) is 52.1 Å². The number of carbonyl (C=O) groups is 1. The summed E-state index contributed by atoms with van der Waals surface area (Å²) in [4.78, 5) is 21.5. The molecule has 0 radical (unpaired) electrons. The molecule has 24 heavy (non-hydrogen) atoms. The standard InChI is InChI=1S/C15H13N5O4/c1-9(21)17-11-4-2-3-10(7-11)8-16-12-5-6-13(20(22)23)15-14(12)18-24-19-15/h2-7,16H,8H2,1H3,(H,17,21). The lowest BCUT2D eigenvalue weighted by atomic mass is 10.2. The quantitative estimate of drug-likeness (QED) is 0.545. The van der Waals surface area contributed by atoms with E-state index in [1.54, 1.807) is 12.1 Å². The Bertz CT molecular complexity index is 921. The van der Waals surface area contributed by atoms with E-state index in [0.717, 1.165) is 5.56 Å². The summed E-state index contributed by atoms with van der Waals surface area (Å²) in [5.41, 5.74) is 2.41. The third-order valence-electron chi connectivity index (χ3n) is 3.32. The molecule has 3 rings (SSSR count). The van der Waals surface area contributed by atoms with Gasteiger partial charge in [0.25, 0.3) is 0 Å². The average Bonchev–Trinajstić information content (AvgIpc) is 3.01. The van der Waals surface area contributed by atoms with Gasteiger partial charge in [0.2, 0.25) is 11.4 Å². The van der Waals surface area contributed by atoms with Crippen molar-refractivity contribution in [2.24, 2.45) is 0 Å². The minimum absolute atomic E-state index is 0.0944. The third-order valence-corrected chi connectivity index (χ3v) is 3.32. The molecule has 0 aliphatic heterocycles. The number of nitro groups is 1. The van der Waals surface area contributed by atoms with Crippen LogP contribution in [0.1, 0.15) is 12.5 Å². The highest BCUT2D eigenvalue weighted by Gasteiger charge is 2.19. The maximum atomic E-state index is 11.1. The van der Waals surface area contributed by atoms with E-state index >= 15 is 0 Å². The molecule has 2 aromatic carbocycles. The predicted molar refractivity (Wildman–Crippen MR) is 86.5 cm³/mol. The molecule has 3 aromatic rings. The number of nitro benzene ring substituents is 1. The largest absolute Gasteiger partial charge is 0.379 e. The molecule has 0 bridgehead atoms. The first-order chi connectivity index (χ1) is 11.5. The van der Waals surface area contributed by atoms with Gasteiger partial charge in [-0.25, -0.2) is 4.63 Å². The van der Waals surface area contributed by atoms with E-state index in [2.05, 4.69) is 25.6 Å². The first-order valence-electron chi connectivity index (χ1n) is 7.04. The molecule has 122 valence electrons. The summed E-state index contributed by atoms with van der Waals surface area (Å²) in [6.07, 6.45) is 0. The van der Waals surface area contributed by atoms with Gasteiger partial charge in [-0.1, -0.05) is 12.1 Å². The Labute approximate surface area is 135 Å². The maximum Gasteiger partial charge on any atom is 0.300 e. The minimum Gasteiger partial charge on any atom is -0.379 e. The number of hydrogen-bond acceptors (Lipinski definition) is 7. The van der Waals surface area contributed by atoms with E-state index in [-0.39, 0.29) is 17.1 Å². The van der Waals surface area contributed by atoms with Crippen LogP contribution in [0.5, 0.6) is 0 Å². The number of hydrogen-bond donors (Lipinski definition) is 2. The van der Waals surface area contributed by atoms with E-state index in [1.807, 2.05) is 18.2 Å². The molecule has 9 nitrogen and oxygen atoms in total. The Kier molecular flexibility index (Phi) is 4.06. The maximum absolute atomic E-state index is 11.1. The Morgan fingerprint density at radius 3 is 2.79 bits per heavy atom. The molecule has 9 heteroatoms. The van der Waals surface area contributed by atoms with Gasteiger partial charge in [0.1, 0.15) is 0 Å². The number of amides is 1. The van der Waals surface area contributed by atoms with Crippen LogP contribution >= 0.6 is 0 Å². The van der Waals surface area contributed by atoms with Crippen molar-refractivity contribution in [3.8, 4) is 0 Å². The van der Waals surface area contributed by atoms with E-state index in [0.29, 0.717) is 23.4 Å². The average molecular weight is 327 g/mol. The molecule has 0 atom stereocenters. The Balaban J connectivity index is 1.81. The van der Waals surface area contributed by atoms with Gasteiger partial charge in [-0.2, -0.15) is 0 Å². The van der Waals surface area contributed by atoms with Crippen molar-refractivity contribution in [1.82, 2.24) is 10.3 Å². The number of fused-ring (bicyclic) bond motifs is 1. The molecule has 1 aromatic heterocycles. The van der Waals surface area contributed by atoms with Crippen LogP contribution in [0.4, 0.5) is 17.1 Å². The van der Waals surface area contributed by atoms with E-state index in [4.69, 9.17) is 0 Å². The number of nitrogens with one attached hydrogen (secondary N) is 2. The molecule has 0 spiro atoms. The van der Waals surface area contributed by atoms with Crippen molar-refractivity contribution in [1.29, 1.82) is 0 Å². The van der Waals surface area contributed by atoms with Crippen LogP contribution < -0.4 is 10.6 Å². The number of rotatable bonds is 5. The van der Waals surface area contributed by atoms with Gasteiger partial charge >= 0.3 is 5.69 Å². The molecule has 0 saturated heterocycles. The molecule has 2 N–H and O–H groups in total. The molecule has 0 aliphatic carbocycles. The number of benzene rings is 2. The molecule has 0 fully saturated rings. The number of non-ortho nitro benzene ring substituents is 1. The number of nitrogens with zero attached hydrogens (tertiary/aromatic N) is 3. The minimum atomic E-state index is -0.535. The Morgan fingerprint density at radius 1 is 1.25 bits per heavy atom. The second kappa shape index (κ2) is 6.32. The molecular formula is C15H13N5O4. The summed E-state index contributed by atoms with van der Waals surface area (Å²) in [6.45, 7) is 1.88. The fraction of sp³-hybridized carbons (Fsp3) is 0.133. The zero-order chi connectivity index (χ0) is 17.1. The highest BCUT2D eigenvalue weighted by atomic mass is 16.6. The zero-order valence-corrected chi connectivity index (χ0v) is 12.6. The van der Waals surface area contributed by atoms with Crippen molar-refractivity contribution in [2.75, 3.05) is 10.6 Å². The zero-order valence-electron chi connectivity index (χ0n) is 12.6. The smallest absolute Gasteiger partial charge is 0.300 e. The van der Waals surface area contributed by atoms with Gasteiger partial charge in [-0.3, -0.25) is 14.9 Å². The van der Waals surface area contributed by atoms with Crippen molar-refractivity contribution in [3.63, 3.8) is 0 Å². The molecule has 1 amide bonds.